The highest BCUT2D eigenvalue weighted by molar-refractivity contribution is 7.99. The van der Waals surface area contributed by atoms with E-state index in [1.54, 1.807) is 0 Å². The maximum atomic E-state index is 6.82. The number of rotatable bonds is 2. The molecule has 0 saturated carbocycles. The molecule has 4 rings (SSSR count). The van der Waals surface area contributed by atoms with Crippen molar-refractivity contribution in [1.82, 2.24) is 0 Å². The molecule has 2 unspecified atom stereocenters. The number of ether oxygens (including phenoxy) is 1. The van der Waals surface area contributed by atoms with Gasteiger partial charge in [-0.15, -0.1) is 11.8 Å². The first-order valence-corrected chi connectivity index (χ1v) is 8.48. The van der Waals surface area contributed by atoms with Gasteiger partial charge in [0.2, 0.25) is 0 Å². The molecule has 2 N–H and O–H groups in total. The van der Waals surface area contributed by atoms with Gasteiger partial charge in [0.1, 0.15) is 5.75 Å². The van der Waals surface area contributed by atoms with Crippen molar-refractivity contribution in [2.45, 2.75) is 29.2 Å². The van der Waals surface area contributed by atoms with Gasteiger partial charge in [0.25, 0.3) is 0 Å². The number of benzene rings is 2. The van der Waals surface area contributed by atoms with Crippen LogP contribution in [0.3, 0.4) is 0 Å². The van der Waals surface area contributed by atoms with Crippen molar-refractivity contribution < 1.29 is 4.74 Å². The van der Waals surface area contributed by atoms with Crippen LogP contribution in [-0.2, 0) is 5.54 Å². The van der Waals surface area contributed by atoms with Gasteiger partial charge in [0, 0.05) is 28.2 Å². The van der Waals surface area contributed by atoms with Crippen molar-refractivity contribution in [1.29, 1.82) is 0 Å². The fourth-order valence-electron chi connectivity index (χ4n) is 3.53. The summed E-state index contributed by atoms with van der Waals surface area (Å²) in [6, 6.07) is 17.0. The van der Waals surface area contributed by atoms with Crippen LogP contribution in [-0.4, -0.2) is 12.4 Å². The largest absolute Gasteiger partial charge is 0.493 e. The molecule has 108 valence electrons. The van der Waals surface area contributed by atoms with Crippen molar-refractivity contribution in [3.05, 3.63) is 59.7 Å². The quantitative estimate of drug-likeness (QED) is 0.913. The molecule has 0 radical (unpaired) electrons. The Bertz CT molecular complexity index is 672. The standard InChI is InChI=1S/C18H19NOS/c19-18(9-10-20-16-7-3-2-6-15(16)18)11-13-12-21-17-8-4-1-5-14(13)17/h1-8,13H,9-12,19H2. The molecule has 0 saturated heterocycles. The first kappa shape index (κ1) is 13.2. The Morgan fingerprint density at radius 2 is 1.95 bits per heavy atom. The molecule has 0 spiro atoms. The zero-order valence-electron chi connectivity index (χ0n) is 11.9. The number of hydrogen-bond donors (Lipinski definition) is 1. The van der Waals surface area contributed by atoms with Crippen LogP contribution in [0.15, 0.2) is 53.4 Å². The first-order valence-electron chi connectivity index (χ1n) is 7.49. The van der Waals surface area contributed by atoms with E-state index < -0.39 is 0 Å². The highest BCUT2D eigenvalue weighted by Crippen LogP contribution is 2.47. The van der Waals surface area contributed by atoms with E-state index in [-0.39, 0.29) is 5.54 Å². The molecule has 0 amide bonds. The lowest BCUT2D eigenvalue weighted by Crippen LogP contribution is -2.42. The second-order valence-electron chi connectivity index (χ2n) is 6.00. The van der Waals surface area contributed by atoms with Crippen LogP contribution in [0.2, 0.25) is 0 Å². The van der Waals surface area contributed by atoms with Crippen LogP contribution in [0.25, 0.3) is 0 Å². The topological polar surface area (TPSA) is 35.2 Å². The minimum atomic E-state index is -0.266. The lowest BCUT2D eigenvalue weighted by molar-refractivity contribution is 0.203. The smallest absolute Gasteiger partial charge is 0.124 e. The van der Waals surface area contributed by atoms with E-state index in [1.165, 1.54) is 16.0 Å². The Labute approximate surface area is 129 Å². The maximum Gasteiger partial charge on any atom is 0.124 e. The number of nitrogens with two attached hydrogens (primary N) is 1. The van der Waals surface area contributed by atoms with E-state index in [2.05, 4.69) is 36.4 Å². The average molecular weight is 297 g/mol. The van der Waals surface area contributed by atoms with Gasteiger partial charge in [-0.3, -0.25) is 0 Å². The second-order valence-corrected chi connectivity index (χ2v) is 7.06. The number of thioether (sulfide) groups is 1. The summed E-state index contributed by atoms with van der Waals surface area (Å²) < 4.78 is 5.77. The van der Waals surface area contributed by atoms with Gasteiger partial charge in [-0.1, -0.05) is 36.4 Å². The molecular formula is C18H19NOS. The molecule has 2 nitrogen and oxygen atoms in total. The third-order valence-corrected chi connectivity index (χ3v) is 5.89. The van der Waals surface area contributed by atoms with Crippen LogP contribution in [0.1, 0.15) is 29.9 Å². The van der Waals surface area contributed by atoms with E-state index >= 15 is 0 Å². The van der Waals surface area contributed by atoms with Crippen LogP contribution in [0, 0.1) is 0 Å². The second kappa shape index (κ2) is 5.08. The molecule has 0 aromatic heterocycles. The first-order chi connectivity index (χ1) is 10.3. The minimum absolute atomic E-state index is 0.266. The Morgan fingerprint density at radius 3 is 2.90 bits per heavy atom. The molecule has 2 aliphatic rings. The maximum absolute atomic E-state index is 6.82. The van der Waals surface area contributed by atoms with Crippen LogP contribution in [0.5, 0.6) is 5.75 Å². The number of fused-ring (bicyclic) bond motifs is 2. The SMILES string of the molecule is NC1(CC2CSc3ccccc32)CCOc2ccccc21. The van der Waals surface area contributed by atoms with E-state index in [4.69, 9.17) is 10.5 Å². The van der Waals surface area contributed by atoms with Gasteiger partial charge in [0.05, 0.1) is 6.61 Å². The summed E-state index contributed by atoms with van der Waals surface area (Å²) in [5.74, 6) is 2.65. The van der Waals surface area contributed by atoms with Crippen LogP contribution < -0.4 is 10.5 Å². The van der Waals surface area contributed by atoms with Gasteiger partial charge in [-0.25, -0.2) is 0 Å². The summed E-state index contributed by atoms with van der Waals surface area (Å²) in [6.45, 7) is 0.717. The molecule has 21 heavy (non-hydrogen) atoms. The molecule has 0 bridgehead atoms. The zero-order valence-corrected chi connectivity index (χ0v) is 12.7. The summed E-state index contributed by atoms with van der Waals surface area (Å²) in [6.07, 6.45) is 1.89. The Morgan fingerprint density at radius 1 is 1.14 bits per heavy atom. The molecule has 2 aliphatic heterocycles. The van der Waals surface area contributed by atoms with Gasteiger partial charge < -0.3 is 10.5 Å². The Hall–Kier alpha value is -1.45. The predicted molar refractivity (Wildman–Crippen MR) is 86.9 cm³/mol. The summed E-state index contributed by atoms with van der Waals surface area (Å²) in [5.41, 5.74) is 9.19. The lowest BCUT2D eigenvalue weighted by atomic mass is 9.77. The van der Waals surface area contributed by atoms with Crippen molar-refractivity contribution in [3.63, 3.8) is 0 Å². The van der Waals surface area contributed by atoms with E-state index in [0.29, 0.717) is 5.92 Å². The van der Waals surface area contributed by atoms with Crippen molar-refractivity contribution in [2.75, 3.05) is 12.4 Å². The molecular weight excluding hydrogens is 278 g/mol. The highest BCUT2D eigenvalue weighted by Gasteiger charge is 2.38. The molecule has 2 atom stereocenters. The third kappa shape index (κ3) is 2.25. The molecule has 0 fully saturated rings. The van der Waals surface area contributed by atoms with Crippen molar-refractivity contribution in [3.8, 4) is 5.75 Å². The summed E-state index contributed by atoms with van der Waals surface area (Å²) >= 11 is 1.96. The van der Waals surface area contributed by atoms with Gasteiger partial charge >= 0.3 is 0 Å². The Balaban J connectivity index is 1.66. The normalized spacial score (nSPS) is 26.8. The van der Waals surface area contributed by atoms with Crippen LogP contribution >= 0.6 is 11.8 Å². The molecule has 2 heterocycles. The van der Waals surface area contributed by atoms with Crippen LogP contribution in [0.4, 0.5) is 0 Å². The lowest BCUT2D eigenvalue weighted by Gasteiger charge is -2.37. The molecule has 0 aliphatic carbocycles. The average Bonchev–Trinajstić information content (AvgIpc) is 2.91. The Kier molecular flexibility index (Phi) is 3.20. The van der Waals surface area contributed by atoms with Gasteiger partial charge in [0.15, 0.2) is 0 Å². The van der Waals surface area contributed by atoms with Gasteiger partial charge in [-0.2, -0.15) is 0 Å². The van der Waals surface area contributed by atoms with Crippen molar-refractivity contribution in [2.24, 2.45) is 5.73 Å². The fourth-order valence-corrected chi connectivity index (χ4v) is 4.79. The number of para-hydroxylation sites is 1. The molecule has 2 aromatic rings. The summed E-state index contributed by atoms with van der Waals surface area (Å²) in [4.78, 5) is 1.42. The monoisotopic (exact) mass is 297 g/mol. The van der Waals surface area contributed by atoms with Crippen molar-refractivity contribution >= 4 is 11.8 Å². The number of hydrogen-bond acceptors (Lipinski definition) is 3. The van der Waals surface area contributed by atoms with E-state index in [9.17, 15) is 0 Å². The third-order valence-electron chi connectivity index (χ3n) is 4.64. The van der Waals surface area contributed by atoms with E-state index in [0.717, 1.165) is 31.0 Å². The highest BCUT2D eigenvalue weighted by atomic mass is 32.2. The predicted octanol–water partition coefficient (Wildman–Crippen LogP) is 3.90. The summed E-state index contributed by atoms with van der Waals surface area (Å²) in [5, 5.41) is 0. The van der Waals surface area contributed by atoms with E-state index in [1.807, 2.05) is 23.9 Å². The zero-order chi connectivity index (χ0) is 14.3. The minimum Gasteiger partial charge on any atom is -0.493 e. The molecule has 3 heteroatoms. The summed E-state index contributed by atoms with van der Waals surface area (Å²) in [7, 11) is 0. The van der Waals surface area contributed by atoms with Gasteiger partial charge in [-0.05, 0) is 30.0 Å². The molecule has 2 aromatic carbocycles. The fraction of sp³-hybridized carbons (Fsp3) is 0.333.